The van der Waals surface area contributed by atoms with E-state index in [1.807, 2.05) is 4.90 Å². The molecule has 0 spiro atoms. The maximum absolute atomic E-state index is 12.1. The second kappa shape index (κ2) is 6.26. The molecule has 0 radical (unpaired) electrons. The van der Waals surface area contributed by atoms with Gasteiger partial charge < -0.3 is 15.3 Å². The van der Waals surface area contributed by atoms with E-state index >= 15 is 0 Å². The predicted molar refractivity (Wildman–Crippen MR) is 71.9 cm³/mol. The van der Waals surface area contributed by atoms with Gasteiger partial charge in [0.25, 0.3) is 0 Å². The quantitative estimate of drug-likeness (QED) is 0.820. The van der Waals surface area contributed by atoms with E-state index < -0.39 is 5.97 Å². The van der Waals surface area contributed by atoms with Crippen LogP contribution >= 0.6 is 0 Å². The van der Waals surface area contributed by atoms with Gasteiger partial charge in [0.2, 0.25) is 0 Å². The minimum atomic E-state index is -0.718. The number of carbonyl (C=O) groups is 2. The lowest BCUT2D eigenvalue weighted by Crippen LogP contribution is -2.44. The van der Waals surface area contributed by atoms with Gasteiger partial charge >= 0.3 is 12.0 Å². The minimum absolute atomic E-state index is 0.0135. The van der Waals surface area contributed by atoms with Crippen LogP contribution in [0.25, 0.3) is 0 Å². The number of nitrogens with zero attached hydrogens (tertiary/aromatic N) is 1. The normalized spacial score (nSPS) is 30.6. The fourth-order valence-electron chi connectivity index (χ4n) is 3.45. The van der Waals surface area contributed by atoms with Crippen LogP contribution in [-0.2, 0) is 4.79 Å². The molecule has 1 heterocycles. The Morgan fingerprint density at radius 1 is 1.26 bits per heavy atom. The first-order chi connectivity index (χ1) is 9.13. The second-order valence-corrected chi connectivity index (χ2v) is 5.72. The number of carboxylic acids is 1. The number of hydrogen-bond acceptors (Lipinski definition) is 2. The molecule has 2 amide bonds. The molecule has 2 fully saturated rings. The van der Waals surface area contributed by atoms with Crippen LogP contribution in [0.4, 0.5) is 4.79 Å². The van der Waals surface area contributed by atoms with Gasteiger partial charge in [0, 0.05) is 19.1 Å². The summed E-state index contributed by atoms with van der Waals surface area (Å²) in [6.07, 6.45) is 5.78. The Labute approximate surface area is 114 Å². The molecule has 5 nitrogen and oxygen atoms in total. The van der Waals surface area contributed by atoms with Crippen LogP contribution in [0.3, 0.4) is 0 Å². The number of carbonyl (C=O) groups excluding carboxylic acids is 1. The van der Waals surface area contributed by atoms with E-state index in [4.69, 9.17) is 5.11 Å². The SMILES string of the molecule is CCC1CCCN1C(=O)NCC1CCCC1C(=O)O. The van der Waals surface area contributed by atoms with Gasteiger partial charge in [-0.25, -0.2) is 4.79 Å². The number of carboxylic acid groups (broad SMARTS) is 1. The van der Waals surface area contributed by atoms with E-state index in [2.05, 4.69) is 12.2 Å². The van der Waals surface area contributed by atoms with E-state index in [1.54, 1.807) is 0 Å². The van der Waals surface area contributed by atoms with Gasteiger partial charge in [-0.3, -0.25) is 4.79 Å². The Kier molecular flexibility index (Phi) is 4.66. The summed E-state index contributed by atoms with van der Waals surface area (Å²) in [5, 5.41) is 12.1. The molecule has 1 aliphatic heterocycles. The van der Waals surface area contributed by atoms with Gasteiger partial charge in [0.15, 0.2) is 0 Å². The molecule has 108 valence electrons. The van der Waals surface area contributed by atoms with Crippen molar-refractivity contribution in [3.63, 3.8) is 0 Å². The fraction of sp³-hybridized carbons (Fsp3) is 0.857. The van der Waals surface area contributed by atoms with E-state index in [1.165, 1.54) is 0 Å². The number of nitrogens with one attached hydrogen (secondary N) is 1. The van der Waals surface area contributed by atoms with Crippen molar-refractivity contribution < 1.29 is 14.7 Å². The molecular weight excluding hydrogens is 244 g/mol. The zero-order valence-electron chi connectivity index (χ0n) is 11.6. The monoisotopic (exact) mass is 268 g/mol. The highest BCUT2D eigenvalue weighted by atomic mass is 16.4. The average Bonchev–Trinajstić information content (AvgIpc) is 3.04. The Balaban J connectivity index is 1.81. The summed E-state index contributed by atoms with van der Waals surface area (Å²) in [6, 6.07) is 0.347. The van der Waals surface area contributed by atoms with Gasteiger partial charge in [-0.2, -0.15) is 0 Å². The van der Waals surface area contributed by atoms with Gasteiger partial charge in [-0.15, -0.1) is 0 Å². The highest BCUT2D eigenvalue weighted by Gasteiger charge is 2.34. The molecule has 0 bridgehead atoms. The summed E-state index contributed by atoms with van der Waals surface area (Å²) in [5.41, 5.74) is 0. The number of urea groups is 1. The van der Waals surface area contributed by atoms with Gasteiger partial charge in [-0.05, 0) is 38.0 Å². The third-order valence-electron chi connectivity index (χ3n) is 4.60. The summed E-state index contributed by atoms with van der Waals surface area (Å²) in [4.78, 5) is 25.1. The van der Waals surface area contributed by atoms with Crippen molar-refractivity contribution >= 4 is 12.0 Å². The summed E-state index contributed by atoms with van der Waals surface area (Å²) in [7, 11) is 0. The minimum Gasteiger partial charge on any atom is -0.481 e. The van der Waals surface area contributed by atoms with E-state index in [-0.39, 0.29) is 17.9 Å². The van der Waals surface area contributed by atoms with Crippen molar-refractivity contribution in [3.05, 3.63) is 0 Å². The summed E-state index contributed by atoms with van der Waals surface area (Å²) >= 11 is 0. The summed E-state index contributed by atoms with van der Waals surface area (Å²) in [5.74, 6) is -0.894. The van der Waals surface area contributed by atoms with E-state index in [0.717, 1.165) is 45.1 Å². The third-order valence-corrected chi connectivity index (χ3v) is 4.60. The van der Waals surface area contributed by atoms with Crippen molar-refractivity contribution in [2.75, 3.05) is 13.1 Å². The zero-order valence-corrected chi connectivity index (χ0v) is 11.6. The lowest BCUT2D eigenvalue weighted by molar-refractivity contribution is -0.142. The zero-order chi connectivity index (χ0) is 13.8. The van der Waals surface area contributed by atoms with Crippen LogP contribution in [0.1, 0.15) is 45.4 Å². The van der Waals surface area contributed by atoms with Gasteiger partial charge in [0.05, 0.1) is 5.92 Å². The Morgan fingerprint density at radius 3 is 2.74 bits per heavy atom. The molecule has 19 heavy (non-hydrogen) atoms. The Hall–Kier alpha value is -1.26. The first-order valence-electron chi connectivity index (χ1n) is 7.40. The Bertz CT molecular complexity index is 346. The van der Waals surface area contributed by atoms with Gasteiger partial charge in [-0.1, -0.05) is 13.3 Å². The second-order valence-electron chi connectivity index (χ2n) is 5.72. The fourth-order valence-corrected chi connectivity index (χ4v) is 3.45. The van der Waals surface area contributed by atoms with Crippen molar-refractivity contribution in [1.29, 1.82) is 0 Å². The summed E-state index contributed by atoms with van der Waals surface area (Å²) < 4.78 is 0. The summed E-state index contributed by atoms with van der Waals surface area (Å²) in [6.45, 7) is 3.44. The number of rotatable bonds is 4. The molecule has 1 aliphatic carbocycles. The smallest absolute Gasteiger partial charge is 0.317 e. The molecule has 2 N–H and O–H groups in total. The van der Waals surface area contributed by atoms with Crippen LogP contribution in [0.2, 0.25) is 0 Å². The van der Waals surface area contributed by atoms with Gasteiger partial charge in [0.1, 0.15) is 0 Å². The largest absolute Gasteiger partial charge is 0.481 e. The maximum atomic E-state index is 12.1. The number of amides is 2. The highest BCUT2D eigenvalue weighted by molar-refractivity contribution is 5.75. The lowest BCUT2D eigenvalue weighted by atomic mass is 9.96. The molecule has 0 aromatic rings. The molecular formula is C14H24N2O3. The highest BCUT2D eigenvalue weighted by Crippen LogP contribution is 2.31. The molecule has 0 aromatic carbocycles. The van der Waals surface area contributed by atoms with E-state index in [9.17, 15) is 9.59 Å². The molecule has 0 aromatic heterocycles. The molecule has 3 atom stereocenters. The Morgan fingerprint density at radius 2 is 2.05 bits per heavy atom. The molecule has 1 saturated heterocycles. The predicted octanol–water partition coefficient (Wildman–Crippen LogP) is 2.07. The standard InChI is InChI=1S/C14H24N2O3/c1-2-11-6-4-8-16(11)14(19)15-9-10-5-3-7-12(10)13(17)18/h10-12H,2-9H2,1H3,(H,15,19)(H,17,18). The first-order valence-corrected chi connectivity index (χ1v) is 7.40. The van der Waals surface area contributed by atoms with E-state index in [0.29, 0.717) is 12.6 Å². The maximum Gasteiger partial charge on any atom is 0.317 e. The molecule has 3 unspecified atom stereocenters. The first kappa shape index (κ1) is 14.2. The third kappa shape index (κ3) is 3.19. The van der Waals surface area contributed by atoms with Crippen LogP contribution in [0.15, 0.2) is 0 Å². The lowest BCUT2D eigenvalue weighted by Gasteiger charge is -2.25. The van der Waals surface area contributed by atoms with Crippen LogP contribution in [0, 0.1) is 11.8 Å². The molecule has 2 aliphatic rings. The van der Waals surface area contributed by atoms with Crippen molar-refractivity contribution in [3.8, 4) is 0 Å². The number of hydrogen-bond donors (Lipinski definition) is 2. The van der Waals surface area contributed by atoms with Crippen LogP contribution in [-0.4, -0.2) is 41.1 Å². The molecule has 2 rings (SSSR count). The van der Waals surface area contributed by atoms with Crippen LogP contribution in [0.5, 0.6) is 0 Å². The van der Waals surface area contributed by atoms with Crippen LogP contribution < -0.4 is 5.32 Å². The van der Waals surface area contributed by atoms with Crippen molar-refractivity contribution in [1.82, 2.24) is 10.2 Å². The van der Waals surface area contributed by atoms with Crippen molar-refractivity contribution in [2.24, 2.45) is 11.8 Å². The number of likely N-dealkylation sites (tertiary alicyclic amines) is 1. The topological polar surface area (TPSA) is 69.6 Å². The average molecular weight is 268 g/mol. The molecule has 5 heteroatoms. The molecule has 1 saturated carbocycles. The van der Waals surface area contributed by atoms with Crippen molar-refractivity contribution in [2.45, 2.75) is 51.5 Å². The number of aliphatic carboxylic acids is 1.